The second-order valence-corrected chi connectivity index (χ2v) is 4.87. The molecule has 0 unspecified atom stereocenters. The van der Waals surface area contributed by atoms with Crippen molar-refractivity contribution in [2.45, 2.75) is 13.3 Å². The molecule has 0 spiro atoms. The molecule has 0 saturated carbocycles. The highest BCUT2D eigenvalue weighted by Crippen LogP contribution is 2.17. The Morgan fingerprint density at radius 1 is 1.38 bits per heavy atom. The number of Topliss-reactive ketones (excluding diaryl/α,β-unsaturated/α-hetero) is 1. The number of carbonyl (C=O) groups excluding carboxylic acids is 1. The van der Waals surface area contributed by atoms with Crippen LogP contribution in [0.5, 0.6) is 0 Å². The van der Waals surface area contributed by atoms with Crippen molar-refractivity contribution in [2.24, 2.45) is 0 Å². The van der Waals surface area contributed by atoms with Crippen LogP contribution in [0.2, 0.25) is 5.02 Å². The van der Waals surface area contributed by atoms with Gasteiger partial charge in [-0.3, -0.25) is 4.79 Å². The lowest BCUT2D eigenvalue weighted by Gasteiger charge is -1.97. The SMILES string of the molecule is CC(=O)c1csc(Cc2ccc(Cl)cc2)n1. The maximum Gasteiger partial charge on any atom is 0.178 e. The van der Waals surface area contributed by atoms with Crippen LogP contribution in [0.1, 0.15) is 28.0 Å². The largest absolute Gasteiger partial charge is 0.293 e. The highest BCUT2D eigenvalue weighted by Gasteiger charge is 2.06. The quantitative estimate of drug-likeness (QED) is 0.781. The third-order valence-electron chi connectivity index (χ3n) is 2.18. The Balaban J connectivity index is 2.14. The first-order valence-corrected chi connectivity index (χ1v) is 6.10. The molecule has 1 aromatic heterocycles. The summed E-state index contributed by atoms with van der Waals surface area (Å²) < 4.78 is 0. The van der Waals surface area contributed by atoms with Gasteiger partial charge in [0, 0.05) is 23.7 Å². The Bertz CT molecular complexity index is 504. The summed E-state index contributed by atoms with van der Waals surface area (Å²) in [4.78, 5) is 15.3. The summed E-state index contributed by atoms with van der Waals surface area (Å²) in [6.07, 6.45) is 0.745. The predicted octanol–water partition coefficient (Wildman–Crippen LogP) is 3.59. The molecule has 4 heteroatoms. The summed E-state index contributed by atoms with van der Waals surface area (Å²) in [7, 11) is 0. The van der Waals surface area contributed by atoms with Crippen LogP contribution in [0.15, 0.2) is 29.6 Å². The monoisotopic (exact) mass is 251 g/mol. The van der Waals surface area contributed by atoms with Crippen molar-refractivity contribution in [1.29, 1.82) is 0 Å². The van der Waals surface area contributed by atoms with Gasteiger partial charge in [0.25, 0.3) is 0 Å². The van der Waals surface area contributed by atoms with Gasteiger partial charge in [0.2, 0.25) is 0 Å². The maximum absolute atomic E-state index is 11.1. The van der Waals surface area contributed by atoms with E-state index in [2.05, 4.69) is 4.98 Å². The van der Waals surface area contributed by atoms with Crippen LogP contribution in [0, 0.1) is 0 Å². The Morgan fingerprint density at radius 3 is 2.62 bits per heavy atom. The van der Waals surface area contributed by atoms with E-state index in [4.69, 9.17) is 11.6 Å². The highest BCUT2D eigenvalue weighted by molar-refractivity contribution is 7.09. The first kappa shape index (κ1) is 11.3. The molecule has 2 rings (SSSR count). The minimum absolute atomic E-state index is 0.0126. The summed E-state index contributed by atoms with van der Waals surface area (Å²) >= 11 is 7.31. The third kappa shape index (κ3) is 2.68. The Labute approximate surface area is 103 Å². The van der Waals surface area contributed by atoms with Crippen LogP contribution in [0.4, 0.5) is 0 Å². The Hall–Kier alpha value is -1.19. The zero-order valence-corrected chi connectivity index (χ0v) is 10.3. The fourth-order valence-electron chi connectivity index (χ4n) is 1.33. The molecule has 0 N–H and O–H groups in total. The Kier molecular flexibility index (Phi) is 3.36. The molecular weight excluding hydrogens is 242 g/mol. The molecular formula is C12H10ClNOS. The molecule has 2 nitrogen and oxygen atoms in total. The molecule has 1 heterocycles. The fraction of sp³-hybridized carbons (Fsp3) is 0.167. The van der Waals surface area contributed by atoms with Crippen LogP contribution in [-0.4, -0.2) is 10.8 Å². The number of thiazole rings is 1. The number of carbonyl (C=O) groups is 1. The van der Waals surface area contributed by atoms with Crippen LogP contribution >= 0.6 is 22.9 Å². The summed E-state index contributed by atoms with van der Waals surface area (Å²) in [5.41, 5.74) is 1.70. The van der Waals surface area contributed by atoms with Crippen LogP contribution < -0.4 is 0 Å². The van der Waals surface area contributed by atoms with E-state index in [1.54, 1.807) is 5.38 Å². The average molecular weight is 252 g/mol. The summed E-state index contributed by atoms with van der Waals surface area (Å²) in [6.45, 7) is 1.53. The van der Waals surface area contributed by atoms with Gasteiger partial charge in [0.15, 0.2) is 5.78 Å². The molecule has 2 aromatic rings. The van der Waals surface area contributed by atoms with Crippen molar-refractivity contribution < 1.29 is 4.79 Å². The van der Waals surface area contributed by atoms with Gasteiger partial charge in [-0.05, 0) is 17.7 Å². The van der Waals surface area contributed by atoms with Crippen molar-refractivity contribution in [3.8, 4) is 0 Å². The van der Waals surface area contributed by atoms with Crippen LogP contribution in [0.25, 0.3) is 0 Å². The summed E-state index contributed by atoms with van der Waals surface area (Å²) in [6, 6.07) is 7.65. The maximum atomic E-state index is 11.1. The van der Waals surface area contributed by atoms with E-state index < -0.39 is 0 Å². The lowest BCUT2D eigenvalue weighted by molar-refractivity contribution is 0.101. The number of benzene rings is 1. The second-order valence-electron chi connectivity index (χ2n) is 3.49. The van der Waals surface area contributed by atoms with E-state index in [9.17, 15) is 4.79 Å². The van der Waals surface area contributed by atoms with Gasteiger partial charge >= 0.3 is 0 Å². The molecule has 0 bridgehead atoms. The number of rotatable bonds is 3. The van der Waals surface area contributed by atoms with Gasteiger partial charge in [0.05, 0.1) is 5.01 Å². The minimum Gasteiger partial charge on any atom is -0.293 e. The standard InChI is InChI=1S/C12H10ClNOS/c1-8(15)11-7-16-12(14-11)6-9-2-4-10(13)5-3-9/h2-5,7H,6H2,1H3. The van der Waals surface area contributed by atoms with Crippen LogP contribution in [0.3, 0.4) is 0 Å². The summed E-state index contributed by atoms with van der Waals surface area (Å²) in [5, 5.41) is 3.48. The first-order chi connectivity index (χ1) is 7.65. The lowest BCUT2D eigenvalue weighted by Crippen LogP contribution is -1.93. The molecule has 0 saturated heterocycles. The van der Waals surface area contributed by atoms with E-state index in [1.165, 1.54) is 18.3 Å². The first-order valence-electron chi connectivity index (χ1n) is 4.85. The second kappa shape index (κ2) is 4.76. The van der Waals surface area contributed by atoms with E-state index in [-0.39, 0.29) is 5.78 Å². The minimum atomic E-state index is 0.0126. The molecule has 0 radical (unpaired) electrons. The van der Waals surface area contributed by atoms with Gasteiger partial charge in [-0.25, -0.2) is 4.98 Å². The van der Waals surface area contributed by atoms with E-state index >= 15 is 0 Å². The number of hydrogen-bond donors (Lipinski definition) is 0. The average Bonchev–Trinajstić information content (AvgIpc) is 2.70. The van der Waals surface area contributed by atoms with Crippen molar-refractivity contribution >= 4 is 28.7 Å². The van der Waals surface area contributed by atoms with Crippen LogP contribution in [-0.2, 0) is 6.42 Å². The number of halogens is 1. The van der Waals surface area contributed by atoms with Gasteiger partial charge in [0.1, 0.15) is 5.69 Å². The summed E-state index contributed by atoms with van der Waals surface area (Å²) in [5.74, 6) is 0.0126. The van der Waals surface area contributed by atoms with E-state index in [1.807, 2.05) is 24.3 Å². The molecule has 16 heavy (non-hydrogen) atoms. The normalized spacial score (nSPS) is 10.4. The van der Waals surface area contributed by atoms with E-state index in [0.717, 1.165) is 22.0 Å². The van der Waals surface area contributed by atoms with Crippen molar-refractivity contribution in [2.75, 3.05) is 0 Å². The van der Waals surface area contributed by atoms with Gasteiger partial charge in [-0.1, -0.05) is 23.7 Å². The number of ketones is 1. The topological polar surface area (TPSA) is 30.0 Å². The molecule has 0 atom stereocenters. The fourth-order valence-corrected chi connectivity index (χ4v) is 2.32. The van der Waals surface area contributed by atoms with Crippen molar-refractivity contribution in [1.82, 2.24) is 4.98 Å². The molecule has 0 aliphatic heterocycles. The molecule has 0 amide bonds. The number of aromatic nitrogens is 1. The number of hydrogen-bond acceptors (Lipinski definition) is 3. The molecule has 82 valence electrons. The van der Waals surface area contributed by atoms with Gasteiger partial charge in [-0.15, -0.1) is 11.3 Å². The zero-order valence-electron chi connectivity index (χ0n) is 8.74. The lowest BCUT2D eigenvalue weighted by atomic mass is 10.2. The third-order valence-corrected chi connectivity index (χ3v) is 3.28. The molecule has 1 aromatic carbocycles. The highest BCUT2D eigenvalue weighted by atomic mass is 35.5. The van der Waals surface area contributed by atoms with Crippen molar-refractivity contribution in [3.63, 3.8) is 0 Å². The molecule has 0 aliphatic rings. The predicted molar refractivity (Wildman–Crippen MR) is 66.4 cm³/mol. The van der Waals surface area contributed by atoms with Gasteiger partial charge in [-0.2, -0.15) is 0 Å². The Morgan fingerprint density at radius 2 is 2.06 bits per heavy atom. The van der Waals surface area contributed by atoms with E-state index in [0.29, 0.717) is 5.69 Å². The smallest absolute Gasteiger partial charge is 0.178 e. The number of nitrogens with zero attached hydrogens (tertiary/aromatic N) is 1. The zero-order chi connectivity index (χ0) is 11.5. The van der Waals surface area contributed by atoms with Gasteiger partial charge < -0.3 is 0 Å². The van der Waals surface area contributed by atoms with Crippen molar-refractivity contribution in [3.05, 3.63) is 50.9 Å². The molecule has 0 aliphatic carbocycles. The molecule has 0 fully saturated rings.